The van der Waals surface area contributed by atoms with Crippen LogP contribution in [0.2, 0.25) is 0 Å². The van der Waals surface area contributed by atoms with Crippen LogP contribution >= 0.6 is 0 Å². The number of hydrogen-bond acceptors (Lipinski definition) is 12. The fraction of sp³-hybridized carbons (Fsp3) is 0.538. The Hall–Kier alpha value is -2.52. The van der Waals surface area contributed by atoms with Crippen molar-refractivity contribution in [2.24, 2.45) is 0 Å². The van der Waals surface area contributed by atoms with Gasteiger partial charge in [-0.05, 0) is 24.3 Å². The average molecular weight is 539 g/mol. The Balaban J connectivity index is 1.45. The van der Waals surface area contributed by atoms with Crippen LogP contribution in [0, 0.1) is 0 Å². The summed E-state index contributed by atoms with van der Waals surface area (Å²) in [6, 6.07) is 14.6. The van der Waals surface area contributed by atoms with Gasteiger partial charge < -0.3 is 42.7 Å². The van der Waals surface area contributed by atoms with Crippen LogP contribution in [0.25, 0.3) is 0 Å². The van der Waals surface area contributed by atoms with Crippen molar-refractivity contribution in [2.45, 2.75) is 0 Å². The van der Waals surface area contributed by atoms with Gasteiger partial charge in [0.15, 0.2) is 23.0 Å². The number of para-hydroxylation sites is 4. The van der Waals surface area contributed by atoms with E-state index in [1.165, 1.54) is 0 Å². The maximum Gasteiger partial charge on any atom is 0.191 e. The second kappa shape index (κ2) is 20.4. The summed E-state index contributed by atoms with van der Waals surface area (Å²) in [6.07, 6.45) is 0. The molecule has 0 unspecified atom stereocenters. The Morgan fingerprint density at radius 3 is 1.32 bits per heavy atom. The average Bonchev–Trinajstić information content (AvgIpc) is 2.94. The third-order valence-corrected chi connectivity index (χ3v) is 4.87. The molecule has 1 heterocycles. The van der Waals surface area contributed by atoms with Gasteiger partial charge in [0, 0.05) is 0 Å². The second-order valence-corrected chi connectivity index (χ2v) is 7.67. The summed E-state index contributed by atoms with van der Waals surface area (Å²) in [5.74, 6) is 2.07. The molecule has 0 amide bonds. The van der Waals surface area contributed by atoms with Crippen LogP contribution in [0.15, 0.2) is 48.5 Å². The van der Waals surface area contributed by atoms with E-state index in [9.17, 15) is 0 Å². The fourth-order valence-electron chi connectivity index (χ4n) is 3.06. The van der Waals surface area contributed by atoms with Crippen molar-refractivity contribution in [3.05, 3.63) is 48.5 Å². The zero-order chi connectivity index (χ0) is 26.4. The van der Waals surface area contributed by atoms with Gasteiger partial charge in [-0.1, -0.05) is 29.9 Å². The van der Waals surface area contributed by atoms with E-state index in [0.29, 0.717) is 115 Å². The number of rotatable bonds is 0. The standard InChI is InChI=1S/C26H38N2O10/c1-2-6-24-23(5-1)35-21-19-33-17-15-31-13-11-29-9-10-30-12-14-32-16-18-34-20-22-36-27-28-38-26-8-4-3-7-25(26)37-24/h1-8,27-28H,9-22H2. The molecule has 0 saturated heterocycles. The van der Waals surface area contributed by atoms with E-state index >= 15 is 0 Å². The zero-order valence-electron chi connectivity index (χ0n) is 21.6. The third-order valence-electron chi connectivity index (χ3n) is 4.87. The molecular weight excluding hydrogens is 500 g/mol. The third kappa shape index (κ3) is 13.3. The Morgan fingerprint density at radius 1 is 0.395 bits per heavy atom. The molecule has 2 aromatic rings. The summed E-state index contributed by atoms with van der Waals surface area (Å²) in [5.41, 5.74) is 5.04. The number of hydrogen-bond donors (Lipinski definition) is 2. The molecule has 38 heavy (non-hydrogen) atoms. The van der Waals surface area contributed by atoms with E-state index in [1.807, 2.05) is 36.4 Å². The lowest BCUT2D eigenvalue weighted by molar-refractivity contribution is -0.0806. The molecule has 0 bridgehead atoms. The van der Waals surface area contributed by atoms with Crippen LogP contribution in [-0.4, -0.2) is 92.5 Å². The second-order valence-electron chi connectivity index (χ2n) is 7.67. The molecule has 0 saturated carbocycles. The van der Waals surface area contributed by atoms with Crippen molar-refractivity contribution in [3.63, 3.8) is 0 Å². The Kier molecular flexibility index (Phi) is 16.2. The molecule has 0 radical (unpaired) electrons. The van der Waals surface area contributed by atoms with Crippen molar-refractivity contribution >= 4 is 0 Å². The zero-order valence-corrected chi connectivity index (χ0v) is 21.6. The molecule has 0 aliphatic carbocycles. The van der Waals surface area contributed by atoms with Crippen molar-refractivity contribution < 1.29 is 47.6 Å². The minimum absolute atomic E-state index is 0.303. The highest BCUT2D eigenvalue weighted by Crippen LogP contribution is 2.35. The van der Waals surface area contributed by atoms with E-state index in [4.69, 9.17) is 47.6 Å². The molecule has 0 fully saturated rings. The predicted octanol–water partition coefficient (Wildman–Crippen LogP) is 2.29. The van der Waals surface area contributed by atoms with Crippen LogP contribution in [0.5, 0.6) is 23.0 Å². The molecular formula is C26H38N2O10. The van der Waals surface area contributed by atoms with E-state index in [0.717, 1.165) is 0 Å². The highest BCUT2D eigenvalue weighted by molar-refractivity contribution is 5.47. The van der Waals surface area contributed by atoms with E-state index in [1.54, 1.807) is 12.1 Å². The summed E-state index contributed by atoms with van der Waals surface area (Å²) in [6.45, 7) is 6.33. The van der Waals surface area contributed by atoms with Crippen molar-refractivity contribution in [2.75, 3.05) is 92.5 Å². The SMILES string of the molecule is c1ccc2c(c1)OCCOCCOCCOCCOCCOCCOCCONNOc1ccccc1O2. The first-order valence-electron chi connectivity index (χ1n) is 12.7. The minimum atomic E-state index is 0.303. The van der Waals surface area contributed by atoms with Gasteiger partial charge in [0.25, 0.3) is 0 Å². The van der Waals surface area contributed by atoms with Gasteiger partial charge in [0.2, 0.25) is 0 Å². The van der Waals surface area contributed by atoms with Crippen molar-refractivity contribution in [3.8, 4) is 23.0 Å². The van der Waals surface area contributed by atoms with Crippen LogP contribution in [0.4, 0.5) is 0 Å². The maximum atomic E-state index is 6.07. The number of nitrogens with one attached hydrogen (secondary N) is 2. The number of fused-ring (bicyclic) bond motifs is 2. The molecule has 2 aromatic carbocycles. The molecule has 1 aliphatic heterocycles. The lowest BCUT2D eigenvalue weighted by atomic mass is 10.3. The van der Waals surface area contributed by atoms with Crippen molar-refractivity contribution in [1.82, 2.24) is 11.2 Å². The first-order valence-corrected chi connectivity index (χ1v) is 12.7. The Morgan fingerprint density at radius 2 is 0.789 bits per heavy atom. The normalized spacial score (nSPS) is 19.4. The van der Waals surface area contributed by atoms with Gasteiger partial charge in [-0.25, -0.2) is 0 Å². The molecule has 12 nitrogen and oxygen atoms in total. The van der Waals surface area contributed by atoms with Gasteiger partial charge >= 0.3 is 0 Å². The largest absolute Gasteiger partial charge is 0.487 e. The molecule has 1 aliphatic rings. The topological polar surface area (TPSA) is 116 Å². The lowest BCUT2D eigenvalue weighted by Crippen LogP contribution is -2.35. The Labute approximate surface area is 223 Å². The van der Waals surface area contributed by atoms with Crippen LogP contribution < -0.4 is 25.5 Å². The highest BCUT2D eigenvalue weighted by Gasteiger charge is 2.10. The number of ether oxygens (including phenoxy) is 8. The monoisotopic (exact) mass is 538 g/mol. The van der Waals surface area contributed by atoms with E-state index in [-0.39, 0.29) is 0 Å². The molecule has 0 atom stereocenters. The summed E-state index contributed by atoms with van der Waals surface area (Å²) in [5, 5.41) is 0. The lowest BCUT2D eigenvalue weighted by Gasteiger charge is -2.15. The van der Waals surface area contributed by atoms with E-state index < -0.39 is 0 Å². The van der Waals surface area contributed by atoms with E-state index in [2.05, 4.69) is 11.2 Å². The molecule has 212 valence electrons. The van der Waals surface area contributed by atoms with Gasteiger partial charge in [0.1, 0.15) is 6.61 Å². The van der Waals surface area contributed by atoms with Crippen LogP contribution in [-0.2, 0) is 33.3 Å². The molecule has 3 rings (SSSR count). The first kappa shape index (κ1) is 30.0. The van der Waals surface area contributed by atoms with Crippen molar-refractivity contribution in [1.29, 1.82) is 0 Å². The number of benzene rings is 2. The van der Waals surface area contributed by atoms with Crippen LogP contribution in [0.3, 0.4) is 0 Å². The predicted molar refractivity (Wildman–Crippen MR) is 136 cm³/mol. The Bertz CT molecular complexity index is 793. The number of hydrazine groups is 1. The molecule has 2 N–H and O–H groups in total. The fourth-order valence-corrected chi connectivity index (χ4v) is 3.06. The van der Waals surface area contributed by atoms with Gasteiger partial charge in [-0.2, -0.15) is 0 Å². The minimum Gasteiger partial charge on any atom is -0.487 e. The summed E-state index contributed by atoms with van der Waals surface area (Å²) >= 11 is 0. The molecule has 12 heteroatoms. The first-order chi connectivity index (χ1) is 18.9. The summed E-state index contributed by atoms with van der Waals surface area (Å²) in [4.78, 5) is 10.8. The molecule has 0 spiro atoms. The van der Waals surface area contributed by atoms with Crippen LogP contribution in [0.1, 0.15) is 0 Å². The van der Waals surface area contributed by atoms with Gasteiger partial charge in [-0.15, -0.1) is 5.59 Å². The maximum absolute atomic E-state index is 6.07. The summed E-state index contributed by atoms with van der Waals surface area (Å²) in [7, 11) is 0. The van der Waals surface area contributed by atoms with Gasteiger partial charge in [-0.3, -0.25) is 4.84 Å². The quantitative estimate of drug-likeness (QED) is 0.513. The smallest absolute Gasteiger partial charge is 0.191 e. The highest BCUT2D eigenvalue weighted by atomic mass is 16.8. The summed E-state index contributed by atoms with van der Waals surface area (Å²) < 4.78 is 44.9. The molecule has 0 aromatic heterocycles. The van der Waals surface area contributed by atoms with Gasteiger partial charge in [0.05, 0.1) is 85.9 Å².